The number of phenolic OH excluding ortho intramolecular Hbond substituents is 1. The molecule has 0 spiro atoms. The van der Waals surface area contributed by atoms with E-state index < -0.39 is 11.9 Å². The monoisotopic (exact) mass is 252 g/mol. The van der Waals surface area contributed by atoms with Crippen molar-refractivity contribution >= 4 is 5.97 Å². The highest BCUT2D eigenvalue weighted by Gasteiger charge is 2.13. The van der Waals surface area contributed by atoms with Gasteiger partial charge in [0.25, 0.3) is 0 Å². The van der Waals surface area contributed by atoms with Gasteiger partial charge in [-0.25, -0.2) is 4.79 Å². The topological polar surface area (TPSA) is 76.0 Å². The molecule has 5 heteroatoms. The van der Waals surface area contributed by atoms with Crippen molar-refractivity contribution in [2.75, 3.05) is 20.8 Å². The molecule has 0 aromatic heterocycles. The molecule has 0 amide bonds. The zero-order valence-electron chi connectivity index (χ0n) is 10.3. The van der Waals surface area contributed by atoms with E-state index in [1.54, 1.807) is 12.1 Å². The number of hydrogen-bond acceptors (Lipinski definition) is 5. The Morgan fingerprint density at radius 2 is 2.17 bits per heavy atom. The largest absolute Gasteiger partial charge is 0.508 e. The first-order valence-electron chi connectivity index (χ1n) is 5.36. The number of hydrogen-bond donors (Lipinski definition) is 2. The van der Waals surface area contributed by atoms with E-state index in [1.807, 2.05) is 0 Å². The Labute approximate surface area is 105 Å². The number of rotatable bonds is 5. The number of phenols is 1. The maximum absolute atomic E-state index is 11.0. The molecule has 0 unspecified atom stereocenters. The lowest BCUT2D eigenvalue weighted by Crippen LogP contribution is -2.03. The van der Waals surface area contributed by atoms with E-state index in [0.717, 1.165) is 0 Å². The van der Waals surface area contributed by atoms with Gasteiger partial charge >= 0.3 is 5.97 Å². The summed E-state index contributed by atoms with van der Waals surface area (Å²) in [6.45, 7) is -0.242. The van der Waals surface area contributed by atoms with Crippen LogP contribution in [-0.4, -0.2) is 37.0 Å². The molecule has 1 rings (SSSR count). The molecule has 2 N–H and O–H groups in total. The van der Waals surface area contributed by atoms with Gasteiger partial charge in [0.15, 0.2) is 0 Å². The number of aliphatic hydroxyl groups is 1. The first-order valence-corrected chi connectivity index (χ1v) is 5.36. The van der Waals surface area contributed by atoms with Crippen LogP contribution in [0.2, 0.25) is 0 Å². The van der Waals surface area contributed by atoms with Gasteiger partial charge in [-0.05, 0) is 18.2 Å². The van der Waals surface area contributed by atoms with Gasteiger partial charge in [-0.3, -0.25) is 0 Å². The second-order valence-corrected chi connectivity index (χ2v) is 3.60. The van der Waals surface area contributed by atoms with Gasteiger partial charge < -0.3 is 19.7 Å². The van der Waals surface area contributed by atoms with Gasteiger partial charge in [-0.1, -0.05) is 6.08 Å². The number of ether oxygens (including phenoxy) is 2. The Morgan fingerprint density at radius 1 is 1.44 bits per heavy atom. The summed E-state index contributed by atoms with van der Waals surface area (Å²) in [5.41, 5.74) is 0.483. The first kappa shape index (κ1) is 14.1. The number of benzene rings is 1. The number of carbonyl (C=O) groups excluding carboxylic acids is 1. The molecule has 1 aromatic rings. The minimum absolute atomic E-state index is 0.0318. The van der Waals surface area contributed by atoms with Crippen LogP contribution in [0.1, 0.15) is 11.5 Å². The van der Waals surface area contributed by atoms with Gasteiger partial charge in [0, 0.05) is 17.6 Å². The number of aromatic hydroxyl groups is 1. The summed E-state index contributed by atoms with van der Waals surface area (Å²) in [6, 6.07) is 4.69. The summed E-state index contributed by atoms with van der Waals surface area (Å²) >= 11 is 0. The summed E-state index contributed by atoms with van der Waals surface area (Å²) in [7, 11) is 2.78. The van der Waals surface area contributed by atoms with Crippen LogP contribution in [-0.2, 0) is 9.53 Å². The molecule has 98 valence electrons. The van der Waals surface area contributed by atoms with Gasteiger partial charge in [0.2, 0.25) is 0 Å². The minimum Gasteiger partial charge on any atom is -0.508 e. The van der Waals surface area contributed by atoms with Gasteiger partial charge in [-0.15, -0.1) is 0 Å². The molecular weight excluding hydrogens is 236 g/mol. The highest BCUT2D eigenvalue weighted by molar-refractivity contribution is 5.81. The van der Waals surface area contributed by atoms with E-state index >= 15 is 0 Å². The van der Waals surface area contributed by atoms with E-state index in [1.165, 1.54) is 32.4 Å². The zero-order chi connectivity index (χ0) is 13.5. The molecule has 0 aliphatic heterocycles. The fourth-order valence-electron chi connectivity index (χ4n) is 1.48. The molecule has 0 saturated carbocycles. The maximum Gasteiger partial charge on any atom is 0.330 e. The van der Waals surface area contributed by atoms with Crippen LogP contribution in [0.5, 0.6) is 11.5 Å². The quantitative estimate of drug-likeness (QED) is 0.608. The van der Waals surface area contributed by atoms with Crippen LogP contribution >= 0.6 is 0 Å². The third kappa shape index (κ3) is 3.49. The molecule has 0 aliphatic rings. The van der Waals surface area contributed by atoms with Crippen molar-refractivity contribution in [1.82, 2.24) is 0 Å². The van der Waals surface area contributed by atoms with Crippen molar-refractivity contribution in [3.05, 3.63) is 35.9 Å². The van der Waals surface area contributed by atoms with Crippen LogP contribution in [0.3, 0.4) is 0 Å². The Hall–Kier alpha value is -2.01. The smallest absolute Gasteiger partial charge is 0.330 e. The van der Waals surface area contributed by atoms with Crippen molar-refractivity contribution in [3.8, 4) is 11.5 Å². The fourth-order valence-corrected chi connectivity index (χ4v) is 1.48. The molecular formula is C13H16O5. The highest BCUT2D eigenvalue weighted by atomic mass is 16.5. The summed E-state index contributed by atoms with van der Waals surface area (Å²) in [5.74, 6) is -0.424. The molecule has 18 heavy (non-hydrogen) atoms. The average molecular weight is 252 g/mol. The molecule has 0 heterocycles. The van der Waals surface area contributed by atoms with E-state index in [0.29, 0.717) is 11.3 Å². The normalized spacial score (nSPS) is 12.4. The lowest BCUT2D eigenvalue weighted by molar-refractivity contribution is -0.134. The van der Waals surface area contributed by atoms with Gasteiger partial charge in [-0.2, -0.15) is 0 Å². The molecule has 1 atom stereocenters. The maximum atomic E-state index is 11.0. The summed E-state index contributed by atoms with van der Waals surface area (Å²) in [4.78, 5) is 11.0. The molecule has 0 saturated heterocycles. The summed E-state index contributed by atoms with van der Waals surface area (Å²) < 4.78 is 9.50. The van der Waals surface area contributed by atoms with E-state index in [2.05, 4.69) is 4.74 Å². The number of esters is 1. The number of methoxy groups -OCH3 is 2. The lowest BCUT2D eigenvalue weighted by atomic mass is 9.98. The fraction of sp³-hybridized carbons (Fsp3) is 0.308. The van der Waals surface area contributed by atoms with Crippen molar-refractivity contribution < 1.29 is 24.5 Å². The van der Waals surface area contributed by atoms with Crippen LogP contribution in [0, 0.1) is 0 Å². The first-order chi connectivity index (χ1) is 8.62. The zero-order valence-corrected chi connectivity index (χ0v) is 10.3. The van der Waals surface area contributed by atoms with E-state index in [4.69, 9.17) is 4.74 Å². The van der Waals surface area contributed by atoms with Crippen molar-refractivity contribution in [2.24, 2.45) is 0 Å². The second-order valence-electron chi connectivity index (χ2n) is 3.60. The standard InChI is InChI=1S/C13H16O5/c1-17-10-4-5-12(15)11(7-10)9(8-14)3-6-13(16)18-2/h3-7,9,14-15H,8H2,1-2H3/b6-3+/t9-/m1/s1. The molecule has 0 aliphatic carbocycles. The van der Waals surface area contributed by atoms with Crippen molar-refractivity contribution in [2.45, 2.75) is 5.92 Å². The SMILES string of the molecule is COC(=O)/C=C/[C@H](CO)c1cc(OC)ccc1O. The summed E-state index contributed by atoms with van der Waals surface area (Å²) in [6.07, 6.45) is 2.68. The third-order valence-electron chi connectivity index (χ3n) is 2.50. The van der Waals surface area contributed by atoms with Crippen LogP contribution in [0.15, 0.2) is 30.4 Å². The van der Waals surface area contributed by atoms with Crippen molar-refractivity contribution in [1.29, 1.82) is 0 Å². The Morgan fingerprint density at radius 3 is 2.72 bits per heavy atom. The second kappa shape index (κ2) is 6.66. The van der Waals surface area contributed by atoms with Crippen molar-refractivity contribution in [3.63, 3.8) is 0 Å². The number of aliphatic hydroxyl groups excluding tert-OH is 1. The third-order valence-corrected chi connectivity index (χ3v) is 2.50. The molecule has 0 fully saturated rings. The molecule has 0 bridgehead atoms. The Balaban J connectivity index is 3.00. The van der Waals surface area contributed by atoms with E-state index in [-0.39, 0.29) is 12.4 Å². The Bertz CT molecular complexity index is 439. The van der Waals surface area contributed by atoms with Gasteiger partial charge in [0.1, 0.15) is 11.5 Å². The minimum atomic E-state index is -0.518. The Kier molecular flexibility index (Phi) is 5.20. The van der Waals surface area contributed by atoms with E-state index in [9.17, 15) is 15.0 Å². The highest BCUT2D eigenvalue weighted by Crippen LogP contribution is 2.30. The molecule has 5 nitrogen and oxygen atoms in total. The van der Waals surface area contributed by atoms with Crippen LogP contribution in [0.25, 0.3) is 0 Å². The molecule has 0 radical (unpaired) electrons. The average Bonchev–Trinajstić information content (AvgIpc) is 2.40. The predicted molar refractivity (Wildman–Crippen MR) is 65.6 cm³/mol. The lowest BCUT2D eigenvalue weighted by Gasteiger charge is -2.13. The molecule has 1 aromatic carbocycles. The van der Waals surface area contributed by atoms with Crippen LogP contribution < -0.4 is 4.74 Å². The number of carbonyl (C=O) groups is 1. The summed E-state index contributed by atoms with van der Waals surface area (Å²) in [5, 5.41) is 19.0. The van der Waals surface area contributed by atoms with Gasteiger partial charge in [0.05, 0.1) is 20.8 Å². The van der Waals surface area contributed by atoms with Crippen LogP contribution in [0.4, 0.5) is 0 Å². The predicted octanol–water partition coefficient (Wildman–Crippen LogP) is 1.21.